The van der Waals surface area contributed by atoms with Crippen molar-refractivity contribution in [2.75, 3.05) is 0 Å². The quantitative estimate of drug-likeness (QED) is 0.600. The summed E-state index contributed by atoms with van der Waals surface area (Å²) >= 11 is 0. The van der Waals surface area contributed by atoms with Gasteiger partial charge in [0.15, 0.2) is 11.9 Å². The topological polar surface area (TPSA) is 131 Å². The van der Waals surface area contributed by atoms with E-state index in [1.54, 1.807) is 6.92 Å². The molecule has 0 spiro atoms. The maximum atomic E-state index is 13.1. The van der Waals surface area contributed by atoms with Gasteiger partial charge in [-0.15, -0.1) is 0 Å². The monoisotopic (exact) mass is 345 g/mol. The number of primary amides is 1. The fraction of sp³-hybridized carbons (Fsp3) is 0.643. The predicted octanol–water partition coefficient (Wildman–Crippen LogP) is 0.590. The third-order valence-corrected chi connectivity index (χ3v) is 3.71. The summed E-state index contributed by atoms with van der Waals surface area (Å²) in [6, 6.07) is -0.802. The lowest BCUT2D eigenvalue weighted by atomic mass is 10.1. The first kappa shape index (κ1) is 18.2. The molecule has 2 atom stereocenters. The normalized spacial score (nSPS) is 17.3. The Labute approximate surface area is 136 Å². The van der Waals surface area contributed by atoms with E-state index in [0.29, 0.717) is 18.7 Å². The first-order valence-electron chi connectivity index (χ1n) is 7.57. The standard InChI is InChI=1S/C14H19F2N4O4/c1-2-8(18-9(21)5-6-14(15,16)13(17)23)10(22)12-19-11(20-24-12)7-3-4-7/h5,7-8,10,22H,2-4,6H2,1H3,(H2,17,23)(H,18,21)/t8-,10-/m0/s1. The molecule has 1 aliphatic rings. The summed E-state index contributed by atoms with van der Waals surface area (Å²) in [6.45, 7) is 1.68. The summed E-state index contributed by atoms with van der Waals surface area (Å²) in [5, 5.41) is 16.4. The fourth-order valence-corrected chi connectivity index (χ4v) is 2.01. The highest BCUT2D eigenvalue weighted by Gasteiger charge is 2.37. The summed E-state index contributed by atoms with van der Waals surface area (Å²) in [6.07, 6.45) is 0.465. The molecule has 4 N–H and O–H groups in total. The molecule has 133 valence electrons. The molecule has 0 bridgehead atoms. The second kappa shape index (κ2) is 7.20. The molecule has 24 heavy (non-hydrogen) atoms. The molecule has 10 heteroatoms. The van der Waals surface area contributed by atoms with E-state index in [-0.39, 0.29) is 11.8 Å². The number of nitrogens with one attached hydrogen (secondary N) is 1. The van der Waals surface area contributed by atoms with Crippen molar-refractivity contribution in [1.29, 1.82) is 0 Å². The number of hydrogen-bond acceptors (Lipinski definition) is 6. The third kappa shape index (κ3) is 4.47. The summed E-state index contributed by atoms with van der Waals surface area (Å²) < 4.78 is 31.1. The van der Waals surface area contributed by atoms with Gasteiger partial charge in [0.2, 0.25) is 5.91 Å². The Morgan fingerprint density at radius 1 is 1.54 bits per heavy atom. The van der Waals surface area contributed by atoms with Crippen molar-refractivity contribution < 1.29 is 28.0 Å². The summed E-state index contributed by atoms with van der Waals surface area (Å²) in [4.78, 5) is 26.3. The lowest BCUT2D eigenvalue weighted by molar-refractivity contribution is -0.142. The molecule has 2 amide bonds. The van der Waals surface area contributed by atoms with Gasteiger partial charge in [-0.3, -0.25) is 9.59 Å². The van der Waals surface area contributed by atoms with Crippen LogP contribution in [0.25, 0.3) is 0 Å². The highest BCUT2D eigenvalue weighted by atomic mass is 19.3. The van der Waals surface area contributed by atoms with Gasteiger partial charge in [-0.1, -0.05) is 12.1 Å². The Kier molecular flexibility index (Phi) is 5.47. The molecule has 1 aliphatic carbocycles. The van der Waals surface area contributed by atoms with Crippen LogP contribution in [0.15, 0.2) is 4.52 Å². The number of aliphatic hydroxyl groups is 1. The van der Waals surface area contributed by atoms with Gasteiger partial charge in [-0.2, -0.15) is 13.8 Å². The second-order valence-electron chi connectivity index (χ2n) is 5.71. The van der Waals surface area contributed by atoms with Gasteiger partial charge in [0, 0.05) is 12.3 Å². The van der Waals surface area contributed by atoms with Crippen LogP contribution in [-0.2, 0) is 9.59 Å². The van der Waals surface area contributed by atoms with E-state index < -0.39 is 36.3 Å². The minimum atomic E-state index is -3.80. The van der Waals surface area contributed by atoms with Gasteiger partial charge < -0.3 is 20.7 Å². The first-order valence-corrected chi connectivity index (χ1v) is 7.57. The zero-order valence-corrected chi connectivity index (χ0v) is 13.0. The van der Waals surface area contributed by atoms with E-state index in [2.05, 4.69) is 21.2 Å². The second-order valence-corrected chi connectivity index (χ2v) is 5.71. The number of alkyl halides is 2. The Hall–Kier alpha value is -2.10. The van der Waals surface area contributed by atoms with Crippen LogP contribution < -0.4 is 11.1 Å². The largest absolute Gasteiger partial charge is 0.381 e. The van der Waals surface area contributed by atoms with Crippen molar-refractivity contribution in [3.63, 3.8) is 0 Å². The lowest BCUT2D eigenvalue weighted by Gasteiger charge is -2.20. The number of nitrogens with two attached hydrogens (primary N) is 1. The van der Waals surface area contributed by atoms with Crippen molar-refractivity contribution in [2.45, 2.75) is 56.6 Å². The van der Waals surface area contributed by atoms with Crippen molar-refractivity contribution in [2.24, 2.45) is 5.73 Å². The summed E-state index contributed by atoms with van der Waals surface area (Å²) in [7, 11) is 0. The molecule has 2 rings (SSSR count). The van der Waals surface area contributed by atoms with Gasteiger partial charge in [-0.05, 0) is 19.3 Å². The summed E-state index contributed by atoms with van der Waals surface area (Å²) in [5.74, 6) is -5.75. The smallest absolute Gasteiger partial charge is 0.325 e. The molecule has 1 saturated carbocycles. The summed E-state index contributed by atoms with van der Waals surface area (Å²) in [5.41, 5.74) is 4.53. The molecule has 1 fully saturated rings. The van der Waals surface area contributed by atoms with Crippen LogP contribution in [-0.4, -0.2) is 39.0 Å². The average Bonchev–Trinajstić information content (AvgIpc) is 3.27. The first-order chi connectivity index (χ1) is 11.2. The van der Waals surface area contributed by atoms with Gasteiger partial charge in [0.25, 0.3) is 11.8 Å². The van der Waals surface area contributed by atoms with Gasteiger partial charge in [-0.25, -0.2) is 0 Å². The van der Waals surface area contributed by atoms with Crippen LogP contribution in [0, 0.1) is 6.42 Å². The van der Waals surface area contributed by atoms with Crippen LogP contribution in [0.5, 0.6) is 0 Å². The number of carbonyl (C=O) groups is 2. The Balaban J connectivity index is 1.89. The third-order valence-electron chi connectivity index (χ3n) is 3.71. The molecule has 0 saturated heterocycles. The fourth-order valence-electron chi connectivity index (χ4n) is 2.01. The number of aliphatic hydroxyl groups excluding tert-OH is 1. The molecule has 1 aromatic heterocycles. The number of carbonyl (C=O) groups excluding carboxylic acids is 2. The van der Waals surface area contributed by atoms with Gasteiger partial charge >= 0.3 is 5.92 Å². The number of amides is 2. The van der Waals surface area contributed by atoms with E-state index in [0.717, 1.165) is 12.8 Å². The zero-order valence-electron chi connectivity index (χ0n) is 13.0. The number of hydrogen-bond donors (Lipinski definition) is 3. The zero-order chi connectivity index (χ0) is 17.9. The van der Waals surface area contributed by atoms with Gasteiger partial charge in [0.1, 0.15) is 0 Å². The maximum Gasteiger partial charge on any atom is 0.325 e. The van der Waals surface area contributed by atoms with E-state index >= 15 is 0 Å². The Morgan fingerprint density at radius 2 is 2.21 bits per heavy atom. The number of nitrogens with zero attached hydrogens (tertiary/aromatic N) is 2. The van der Waals surface area contributed by atoms with E-state index in [1.165, 1.54) is 0 Å². The number of aromatic nitrogens is 2. The highest BCUT2D eigenvalue weighted by molar-refractivity contribution is 5.87. The molecular formula is C14H19F2N4O4. The Bertz CT molecular complexity index is 603. The predicted molar refractivity (Wildman–Crippen MR) is 76.5 cm³/mol. The van der Waals surface area contributed by atoms with E-state index in [4.69, 9.17) is 4.52 Å². The maximum absolute atomic E-state index is 13.1. The number of rotatable bonds is 9. The van der Waals surface area contributed by atoms with E-state index in [9.17, 15) is 23.5 Å². The lowest BCUT2D eigenvalue weighted by Crippen LogP contribution is -2.41. The highest BCUT2D eigenvalue weighted by Crippen LogP contribution is 2.38. The molecule has 0 aromatic carbocycles. The van der Waals surface area contributed by atoms with Crippen LogP contribution in [0.3, 0.4) is 0 Å². The van der Waals surface area contributed by atoms with Gasteiger partial charge in [0.05, 0.1) is 12.5 Å². The molecular weight excluding hydrogens is 326 g/mol. The molecule has 8 nitrogen and oxygen atoms in total. The van der Waals surface area contributed by atoms with Crippen molar-refractivity contribution in [3.05, 3.63) is 18.1 Å². The average molecular weight is 345 g/mol. The Morgan fingerprint density at radius 3 is 2.75 bits per heavy atom. The van der Waals surface area contributed by atoms with Crippen LogP contribution in [0.4, 0.5) is 8.78 Å². The van der Waals surface area contributed by atoms with E-state index in [1.807, 2.05) is 0 Å². The molecule has 1 aromatic rings. The minimum Gasteiger partial charge on any atom is -0.381 e. The molecule has 1 heterocycles. The molecule has 0 aliphatic heterocycles. The van der Waals surface area contributed by atoms with Crippen LogP contribution >= 0.6 is 0 Å². The van der Waals surface area contributed by atoms with Crippen molar-refractivity contribution in [1.82, 2.24) is 15.5 Å². The molecule has 1 radical (unpaired) electrons. The van der Waals surface area contributed by atoms with Crippen molar-refractivity contribution >= 4 is 11.8 Å². The van der Waals surface area contributed by atoms with Crippen LogP contribution in [0.2, 0.25) is 0 Å². The SMILES string of the molecule is CC[C@H](NC(=O)[CH]CC(F)(F)C(N)=O)[C@H](O)c1nc(C2CC2)no1. The number of halogens is 2. The van der Waals surface area contributed by atoms with Crippen molar-refractivity contribution in [3.8, 4) is 0 Å². The minimum absolute atomic E-state index is 0.0356. The molecule has 0 unspecified atom stereocenters. The van der Waals surface area contributed by atoms with Crippen LogP contribution in [0.1, 0.15) is 56.3 Å².